The van der Waals surface area contributed by atoms with Crippen molar-refractivity contribution < 1.29 is 0 Å². The second kappa shape index (κ2) is 4.46. The maximum absolute atomic E-state index is 5.87. The summed E-state index contributed by atoms with van der Waals surface area (Å²) >= 11 is 5.87. The van der Waals surface area contributed by atoms with Crippen LogP contribution in [0.3, 0.4) is 0 Å². The Bertz CT molecular complexity index is 518. The summed E-state index contributed by atoms with van der Waals surface area (Å²) in [5, 5.41) is 14.6. The summed E-state index contributed by atoms with van der Waals surface area (Å²) in [6.45, 7) is 2.03. The van der Waals surface area contributed by atoms with E-state index < -0.39 is 0 Å². The van der Waals surface area contributed by atoms with E-state index in [0.717, 1.165) is 30.7 Å². The average molecular weight is 253 g/mol. The number of H-pyrrole nitrogens is 1. The molecule has 90 valence electrons. The van der Waals surface area contributed by atoms with Crippen LogP contribution in [0.25, 0.3) is 11.0 Å². The van der Waals surface area contributed by atoms with E-state index in [1.165, 1.54) is 6.42 Å². The number of fused-ring (bicyclic) bond motifs is 1. The monoisotopic (exact) mass is 252 g/mol. The van der Waals surface area contributed by atoms with Crippen molar-refractivity contribution in [2.45, 2.75) is 18.9 Å². The molecule has 3 heterocycles. The van der Waals surface area contributed by atoms with E-state index in [-0.39, 0.29) is 5.28 Å². The minimum atomic E-state index is 0.230. The zero-order chi connectivity index (χ0) is 11.7. The molecule has 0 spiro atoms. The van der Waals surface area contributed by atoms with Gasteiger partial charge in [-0.15, -0.1) is 0 Å². The van der Waals surface area contributed by atoms with Gasteiger partial charge in [0.05, 0.1) is 11.6 Å². The van der Waals surface area contributed by atoms with E-state index in [0.29, 0.717) is 11.7 Å². The Labute approximate surface area is 103 Å². The third kappa shape index (κ3) is 2.18. The predicted octanol–water partition coefficient (Wildman–Crippen LogP) is 1.17. The number of aromatic nitrogens is 4. The largest absolute Gasteiger partial charge is 0.365 e. The van der Waals surface area contributed by atoms with Crippen LogP contribution in [-0.2, 0) is 0 Å². The summed E-state index contributed by atoms with van der Waals surface area (Å²) in [5.74, 6) is 0.752. The minimum absolute atomic E-state index is 0.230. The lowest BCUT2D eigenvalue weighted by molar-refractivity contribution is 0.479. The smallest absolute Gasteiger partial charge is 0.226 e. The van der Waals surface area contributed by atoms with Crippen LogP contribution in [0.4, 0.5) is 5.82 Å². The molecule has 1 aliphatic heterocycles. The number of anilines is 1. The Hall–Kier alpha value is -1.40. The summed E-state index contributed by atoms with van der Waals surface area (Å²) in [5.41, 5.74) is 0.663. The molecule has 0 saturated carbocycles. The van der Waals surface area contributed by atoms with Crippen LogP contribution in [0.15, 0.2) is 6.20 Å². The van der Waals surface area contributed by atoms with Crippen molar-refractivity contribution >= 4 is 28.5 Å². The fourth-order valence-corrected chi connectivity index (χ4v) is 2.26. The van der Waals surface area contributed by atoms with Crippen molar-refractivity contribution in [2.75, 3.05) is 18.4 Å². The molecule has 0 amide bonds. The molecule has 2 aromatic heterocycles. The van der Waals surface area contributed by atoms with Crippen LogP contribution in [0.5, 0.6) is 0 Å². The first-order valence-corrected chi connectivity index (χ1v) is 6.04. The van der Waals surface area contributed by atoms with Crippen LogP contribution in [0.1, 0.15) is 12.8 Å². The Morgan fingerprint density at radius 1 is 1.41 bits per heavy atom. The topological polar surface area (TPSA) is 78.5 Å². The van der Waals surface area contributed by atoms with E-state index in [2.05, 4.69) is 30.8 Å². The molecule has 2 aromatic rings. The van der Waals surface area contributed by atoms with E-state index >= 15 is 0 Å². The molecule has 17 heavy (non-hydrogen) atoms. The van der Waals surface area contributed by atoms with Crippen molar-refractivity contribution in [3.05, 3.63) is 11.5 Å². The minimum Gasteiger partial charge on any atom is -0.365 e. The predicted molar refractivity (Wildman–Crippen MR) is 66.2 cm³/mol. The summed E-state index contributed by atoms with van der Waals surface area (Å²) in [4.78, 5) is 8.29. The Morgan fingerprint density at radius 2 is 2.35 bits per heavy atom. The highest BCUT2D eigenvalue weighted by Gasteiger charge is 2.16. The number of hydrogen-bond donors (Lipinski definition) is 3. The van der Waals surface area contributed by atoms with Crippen molar-refractivity contribution in [1.29, 1.82) is 0 Å². The fraction of sp³-hybridized carbons (Fsp3) is 0.500. The quantitative estimate of drug-likeness (QED) is 0.700. The van der Waals surface area contributed by atoms with E-state index in [9.17, 15) is 0 Å². The van der Waals surface area contributed by atoms with Crippen LogP contribution in [-0.4, -0.2) is 39.3 Å². The molecule has 1 fully saturated rings. The standard InChI is InChI=1S/C10H13ClN6/c11-10-15-8(7-5-13-17-9(7)16-10)14-6-2-1-3-12-4-6/h5-6,12H,1-4H2,(H2,13,14,15,16,17). The van der Waals surface area contributed by atoms with Crippen LogP contribution < -0.4 is 10.6 Å². The molecule has 0 aromatic carbocycles. The second-order valence-corrected chi connectivity index (χ2v) is 4.50. The van der Waals surface area contributed by atoms with Gasteiger partial charge in [0.15, 0.2) is 5.65 Å². The van der Waals surface area contributed by atoms with Crippen LogP contribution in [0.2, 0.25) is 5.28 Å². The number of piperidine rings is 1. The molecule has 1 atom stereocenters. The van der Waals surface area contributed by atoms with E-state index in [1.807, 2.05) is 0 Å². The zero-order valence-electron chi connectivity index (χ0n) is 9.20. The number of nitrogens with zero attached hydrogens (tertiary/aromatic N) is 3. The van der Waals surface area contributed by atoms with Gasteiger partial charge in [-0.2, -0.15) is 15.1 Å². The number of rotatable bonds is 2. The first kappa shape index (κ1) is 10.7. The summed E-state index contributed by atoms with van der Waals surface area (Å²) in [7, 11) is 0. The van der Waals surface area contributed by atoms with Gasteiger partial charge >= 0.3 is 0 Å². The van der Waals surface area contributed by atoms with Crippen molar-refractivity contribution in [1.82, 2.24) is 25.5 Å². The summed E-state index contributed by atoms with van der Waals surface area (Å²) in [6.07, 6.45) is 4.02. The highest BCUT2D eigenvalue weighted by Crippen LogP contribution is 2.21. The van der Waals surface area contributed by atoms with Gasteiger partial charge in [0.1, 0.15) is 5.82 Å². The normalized spacial score (nSPS) is 20.6. The molecule has 0 bridgehead atoms. The first-order valence-electron chi connectivity index (χ1n) is 5.67. The molecule has 1 saturated heterocycles. The molecule has 6 nitrogen and oxygen atoms in total. The van der Waals surface area contributed by atoms with Crippen molar-refractivity contribution in [3.63, 3.8) is 0 Å². The number of aromatic amines is 1. The molecule has 7 heteroatoms. The molecular formula is C10H13ClN6. The van der Waals surface area contributed by atoms with E-state index in [4.69, 9.17) is 11.6 Å². The Morgan fingerprint density at radius 3 is 3.18 bits per heavy atom. The SMILES string of the molecule is Clc1nc(NC2CCCNC2)c2cn[nH]c2n1. The third-order valence-corrected chi connectivity index (χ3v) is 3.09. The molecule has 0 aliphatic carbocycles. The summed E-state index contributed by atoms with van der Waals surface area (Å²) < 4.78 is 0. The molecule has 1 aliphatic rings. The van der Waals surface area contributed by atoms with Gasteiger partial charge in [-0.05, 0) is 31.0 Å². The van der Waals surface area contributed by atoms with Gasteiger partial charge in [-0.1, -0.05) is 0 Å². The van der Waals surface area contributed by atoms with Crippen molar-refractivity contribution in [2.24, 2.45) is 0 Å². The number of halogens is 1. The highest BCUT2D eigenvalue weighted by atomic mass is 35.5. The molecule has 3 N–H and O–H groups in total. The van der Waals surface area contributed by atoms with Gasteiger partial charge in [-0.3, -0.25) is 5.10 Å². The van der Waals surface area contributed by atoms with Gasteiger partial charge in [0, 0.05) is 12.6 Å². The van der Waals surface area contributed by atoms with Gasteiger partial charge in [-0.25, -0.2) is 0 Å². The molecule has 0 radical (unpaired) electrons. The van der Waals surface area contributed by atoms with Crippen LogP contribution >= 0.6 is 11.6 Å². The van der Waals surface area contributed by atoms with Gasteiger partial charge < -0.3 is 10.6 Å². The highest BCUT2D eigenvalue weighted by molar-refractivity contribution is 6.28. The average Bonchev–Trinajstić information content (AvgIpc) is 2.78. The lowest BCUT2D eigenvalue weighted by atomic mass is 10.1. The lowest BCUT2D eigenvalue weighted by Crippen LogP contribution is -2.38. The Kier molecular flexibility index (Phi) is 2.82. The maximum Gasteiger partial charge on any atom is 0.226 e. The number of hydrogen-bond acceptors (Lipinski definition) is 5. The van der Waals surface area contributed by atoms with Gasteiger partial charge in [0.2, 0.25) is 5.28 Å². The maximum atomic E-state index is 5.87. The lowest BCUT2D eigenvalue weighted by Gasteiger charge is -2.24. The third-order valence-electron chi connectivity index (χ3n) is 2.92. The van der Waals surface area contributed by atoms with Gasteiger partial charge in [0.25, 0.3) is 0 Å². The fourth-order valence-electron chi connectivity index (χ4n) is 2.09. The van der Waals surface area contributed by atoms with Crippen molar-refractivity contribution in [3.8, 4) is 0 Å². The summed E-state index contributed by atoms with van der Waals surface area (Å²) in [6, 6.07) is 0.382. The van der Waals surface area contributed by atoms with E-state index in [1.54, 1.807) is 6.20 Å². The number of nitrogens with one attached hydrogen (secondary N) is 3. The zero-order valence-corrected chi connectivity index (χ0v) is 9.96. The molecule has 1 unspecified atom stereocenters. The van der Waals surface area contributed by atoms with Crippen LogP contribution in [0, 0.1) is 0 Å². The second-order valence-electron chi connectivity index (χ2n) is 4.16. The molecule has 3 rings (SSSR count). The Balaban J connectivity index is 1.90. The molecular weight excluding hydrogens is 240 g/mol. The first-order chi connectivity index (χ1) is 8.33.